The van der Waals surface area contributed by atoms with Crippen LogP contribution in [-0.2, 0) is 32.7 Å². The fourth-order valence-corrected chi connectivity index (χ4v) is 3.16. The smallest absolute Gasteiger partial charge is 0.462 e. The highest BCUT2D eigenvalue weighted by Gasteiger charge is 2.25. The lowest BCUT2D eigenvalue weighted by atomic mass is 10.1. The highest BCUT2D eigenvalue weighted by atomic mass is 31.2. The Kier molecular flexibility index (Phi) is 17.2. The quantitative estimate of drug-likeness (QED) is 0.176. The topological polar surface area (TPSA) is 134 Å². The van der Waals surface area contributed by atoms with Crippen molar-refractivity contribution in [2.24, 2.45) is 5.73 Å². The molecule has 29 heavy (non-hydrogen) atoms. The zero-order valence-electron chi connectivity index (χ0n) is 17.8. The third-order valence-corrected chi connectivity index (χ3v) is 4.98. The molecule has 0 rings (SSSR count). The molecule has 0 aliphatic rings. The van der Waals surface area contributed by atoms with Gasteiger partial charge in [0.15, 0.2) is 6.10 Å². The maximum absolute atomic E-state index is 12.0. The molecule has 1 unspecified atom stereocenters. The number of hydrogen-bond acceptors (Lipinski definition) is 8. The Balaban J connectivity index is 4.51. The largest absolute Gasteiger partial charge is 0.472 e. The standard InChI is InChI=1S/C19H38NO8P/c1-3-5-7-8-10-12-19(22)28-17(15-25-18(21)11-9-6-4-2)16-27-29(23,24)26-14-13-20/h17H,3-16,20H2,1-2H3,(H,23,24)/t17-/m1/s1. The van der Waals surface area contributed by atoms with Gasteiger partial charge in [0, 0.05) is 19.4 Å². The van der Waals surface area contributed by atoms with Crippen LogP contribution in [0.25, 0.3) is 0 Å². The Labute approximate surface area is 174 Å². The van der Waals surface area contributed by atoms with Gasteiger partial charge in [0.2, 0.25) is 0 Å². The van der Waals surface area contributed by atoms with E-state index in [9.17, 15) is 19.0 Å². The Morgan fingerprint density at radius 2 is 1.48 bits per heavy atom. The van der Waals surface area contributed by atoms with Crippen LogP contribution in [0.4, 0.5) is 0 Å². The zero-order chi connectivity index (χ0) is 22.0. The molecule has 0 aliphatic heterocycles. The number of hydrogen-bond donors (Lipinski definition) is 2. The SMILES string of the molecule is CCCCCCCC(=O)O[C@H](COC(=O)CCCCC)COP(=O)(O)OCCN. The van der Waals surface area contributed by atoms with Crippen LogP contribution in [0.15, 0.2) is 0 Å². The maximum atomic E-state index is 12.0. The molecule has 0 bridgehead atoms. The predicted molar refractivity (Wildman–Crippen MR) is 109 cm³/mol. The number of carbonyl (C=O) groups is 2. The van der Waals surface area contributed by atoms with Gasteiger partial charge in [-0.3, -0.25) is 18.6 Å². The van der Waals surface area contributed by atoms with Crippen LogP contribution >= 0.6 is 7.82 Å². The summed E-state index contributed by atoms with van der Waals surface area (Å²) in [5.74, 6) is -0.876. The van der Waals surface area contributed by atoms with Gasteiger partial charge in [0.25, 0.3) is 0 Å². The van der Waals surface area contributed by atoms with Gasteiger partial charge in [-0.25, -0.2) is 4.57 Å². The van der Waals surface area contributed by atoms with Gasteiger partial charge < -0.3 is 20.1 Å². The van der Waals surface area contributed by atoms with Crippen LogP contribution in [0.1, 0.15) is 78.1 Å². The minimum atomic E-state index is -4.32. The van der Waals surface area contributed by atoms with Gasteiger partial charge in [-0.15, -0.1) is 0 Å². The number of ether oxygens (including phenoxy) is 2. The number of unbranched alkanes of at least 4 members (excludes halogenated alkanes) is 6. The second-order valence-electron chi connectivity index (χ2n) is 6.80. The minimum Gasteiger partial charge on any atom is -0.462 e. The Hall–Kier alpha value is -0.990. The van der Waals surface area contributed by atoms with E-state index in [1.54, 1.807) is 0 Å². The summed E-state index contributed by atoms with van der Waals surface area (Å²) >= 11 is 0. The van der Waals surface area contributed by atoms with Crippen molar-refractivity contribution in [1.82, 2.24) is 0 Å². The predicted octanol–water partition coefficient (Wildman–Crippen LogP) is 3.47. The van der Waals surface area contributed by atoms with E-state index < -0.39 is 32.5 Å². The van der Waals surface area contributed by atoms with Crippen LogP contribution in [0.5, 0.6) is 0 Å². The van der Waals surface area contributed by atoms with Gasteiger partial charge in [0.05, 0.1) is 13.2 Å². The summed E-state index contributed by atoms with van der Waals surface area (Å²) in [7, 11) is -4.32. The average molecular weight is 439 g/mol. The first-order valence-electron chi connectivity index (χ1n) is 10.5. The summed E-state index contributed by atoms with van der Waals surface area (Å²) in [5, 5.41) is 0. The molecule has 3 N–H and O–H groups in total. The van der Waals surface area contributed by atoms with Crippen LogP contribution in [0, 0.1) is 0 Å². The van der Waals surface area contributed by atoms with Crippen molar-refractivity contribution in [2.45, 2.75) is 84.2 Å². The molecule has 0 spiro atoms. The van der Waals surface area contributed by atoms with Gasteiger partial charge >= 0.3 is 19.8 Å². The van der Waals surface area contributed by atoms with Gasteiger partial charge in [-0.05, 0) is 12.8 Å². The monoisotopic (exact) mass is 439 g/mol. The van der Waals surface area contributed by atoms with Crippen molar-refractivity contribution >= 4 is 19.8 Å². The highest BCUT2D eigenvalue weighted by Crippen LogP contribution is 2.43. The number of carbonyl (C=O) groups excluding carboxylic acids is 2. The molecule has 0 aliphatic carbocycles. The number of esters is 2. The van der Waals surface area contributed by atoms with E-state index in [0.717, 1.165) is 38.5 Å². The number of phosphoric ester groups is 1. The summed E-state index contributed by atoms with van der Waals surface area (Å²) in [5.41, 5.74) is 5.23. The average Bonchev–Trinajstić information content (AvgIpc) is 2.68. The fraction of sp³-hybridized carbons (Fsp3) is 0.895. The molecular formula is C19H38NO8P. The lowest BCUT2D eigenvalue weighted by Crippen LogP contribution is -2.29. The van der Waals surface area contributed by atoms with Crippen LogP contribution in [-0.4, -0.2) is 49.3 Å². The Morgan fingerprint density at radius 1 is 0.897 bits per heavy atom. The maximum Gasteiger partial charge on any atom is 0.472 e. The molecule has 0 amide bonds. The van der Waals surface area contributed by atoms with Crippen molar-refractivity contribution in [3.63, 3.8) is 0 Å². The molecule has 0 aromatic carbocycles. The molecule has 0 aromatic heterocycles. The fourth-order valence-electron chi connectivity index (χ4n) is 2.39. The zero-order valence-corrected chi connectivity index (χ0v) is 18.7. The van der Waals surface area contributed by atoms with E-state index in [1.165, 1.54) is 0 Å². The summed E-state index contributed by atoms with van der Waals surface area (Å²) in [6, 6.07) is 0. The third-order valence-electron chi connectivity index (χ3n) is 3.99. The number of rotatable bonds is 19. The molecule has 2 atom stereocenters. The van der Waals surface area contributed by atoms with E-state index >= 15 is 0 Å². The lowest BCUT2D eigenvalue weighted by Gasteiger charge is -2.19. The lowest BCUT2D eigenvalue weighted by molar-refractivity contribution is -0.161. The van der Waals surface area contributed by atoms with Crippen LogP contribution < -0.4 is 5.73 Å². The second kappa shape index (κ2) is 17.8. The molecule has 0 heterocycles. The molecule has 0 saturated heterocycles. The van der Waals surface area contributed by atoms with E-state index in [2.05, 4.69) is 11.4 Å². The minimum absolute atomic E-state index is 0.0553. The van der Waals surface area contributed by atoms with Crippen molar-refractivity contribution < 1.29 is 37.6 Å². The molecule has 172 valence electrons. The summed E-state index contributed by atoms with van der Waals surface area (Å²) < 4.78 is 31.7. The molecule has 9 nitrogen and oxygen atoms in total. The van der Waals surface area contributed by atoms with E-state index in [0.29, 0.717) is 12.8 Å². The van der Waals surface area contributed by atoms with Crippen LogP contribution in [0.3, 0.4) is 0 Å². The molecule has 0 radical (unpaired) electrons. The van der Waals surface area contributed by atoms with Crippen molar-refractivity contribution in [3.8, 4) is 0 Å². The molecule has 0 aromatic rings. The summed E-state index contributed by atoms with van der Waals surface area (Å²) in [4.78, 5) is 33.4. The van der Waals surface area contributed by atoms with Gasteiger partial charge in [-0.1, -0.05) is 52.4 Å². The second-order valence-corrected chi connectivity index (χ2v) is 8.26. The first kappa shape index (κ1) is 28.0. The van der Waals surface area contributed by atoms with Gasteiger partial charge in [-0.2, -0.15) is 0 Å². The van der Waals surface area contributed by atoms with E-state index in [1.807, 2.05) is 6.92 Å². The van der Waals surface area contributed by atoms with Gasteiger partial charge in [0.1, 0.15) is 6.61 Å². The van der Waals surface area contributed by atoms with Crippen LogP contribution in [0.2, 0.25) is 0 Å². The molecule has 0 saturated carbocycles. The first-order chi connectivity index (χ1) is 13.8. The summed E-state index contributed by atoms with van der Waals surface area (Å²) in [6.07, 6.45) is 7.02. The molecule has 10 heteroatoms. The number of nitrogens with two attached hydrogens (primary N) is 1. The number of phosphoric acid groups is 1. The highest BCUT2D eigenvalue weighted by molar-refractivity contribution is 7.47. The molecular weight excluding hydrogens is 401 g/mol. The molecule has 0 fully saturated rings. The first-order valence-corrected chi connectivity index (χ1v) is 12.0. The normalized spacial score (nSPS) is 14.2. The summed E-state index contributed by atoms with van der Waals surface area (Å²) in [6.45, 7) is 3.37. The Morgan fingerprint density at radius 3 is 2.14 bits per heavy atom. The third kappa shape index (κ3) is 17.6. The van der Waals surface area contributed by atoms with E-state index in [-0.39, 0.29) is 32.6 Å². The Bertz CT molecular complexity index is 489. The van der Waals surface area contributed by atoms with Crippen molar-refractivity contribution in [1.29, 1.82) is 0 Å². The van der Waals surface area contributed by atoms with E-state index in [4.69, 9.17) is 19.7 Å². The van der Waals surface area contributed by atoms with Crippen molar-refractivity contribution in [3.05, 3.63) is 0 Å². The van der Waals surface area contributed by atoms with Crippen molar-refractivity contribution in [2.75, 3.05) is 26.4 Å².